The minimum Gasteiger partial charge on any atom is -0.481 e. The highest BCUT2D eigenvalue weighted by Crippen LogP contribution is 2.35. The molecule has 1 aliphatic heterocycles. The van der Waals surface area contributed by atoms with Gasteiger partial charge in [-0.15, -0.1) is 0 Å². The van der Waals surface area contributed by atoms with Gasteiger partial charge in [0.05, 0.1) is 18.9 Å². The zero-order valence-corrected chi connectivity index (χ0v) is 12.7. The molecule has 1 atom stereocenters. The highest BCUT2D eigenvalue weighted by atomic mass is 16.5. The summed E-state index contributed by atoms with van der Waals surface area (Å²) in [5.41, 5.74) is -0.841. The number of hydrogen-bond donors (Lipinski definition) is 2. The number of rotatable bonds is 6. The quantitative estimate of drug-likeness (QED) is 0.719. The molecule has 1 aliphatic rings. The van der Waals surface area contributed by atoms with E-state index in [-0.39, 0.29) is 31.5 Å². The van der Waals surface area contributed by atoms with E-state index in [4.69, 9.17) is 0 Å². The van der Waals surface area contributed by atoms with Gasteiger partial charge >= 0.3 is 18.0 Å². The summed E-state index contributed by atoms with van der Waals surface area (Å²) in [6.07, 6.45) is 2.71. The van der Waals surface area contributed by atoms with Crippen LogP contribution in [0.4, 0.5) is 4.79 Å². The Kier molecular flexibility index (Phi) is 6.45. The molecule has 0 spiro atoms. The maximum absolute atomic E-state index is 12.1. The highest BCUT2D eigenvalue weighted by molar-refractivity contribution is 5.79. The molecule has 120 valence electrons. The first-order valence-corrected chi connectivity index (χ1v) is 7.28. The second-order valence-electron chi connectivity index (χ2n) is 5.42. The van der Waals surface area contributed by atoms with Crippen LogP contribution in [0, 0.1) is 5.41 Å². The average Bonchev–Trinajstić information content (AvgIpc) is 2.47. The molecule has 7 nitrogen and oxygen atoms in total. The Bertz CT molecular complexity index is 395. The Morgan fingerprint density at radius 3 is 2.67 bits per heavy atom. The Morgan fingerprint density at radius 2 is 2.10 bits per heavy atom. The molecule has 7 heteroatoms. The molecular weight excluding hydrogens is 276 g/mol. The van der Waals surface area contributed by atoms with Crippen molar-refractivity contribution >= 4 is 18.0 Å². The molecule has 0 bridgehead atoms. The van der Waals surface area contributed by atoms with Gasteiger partial charge in [0.1, 0.15) is 0 Å². The van der Waals surface area contributed by atoms with Crippen LogP contribution in [0.2, 0.25) is 0 Å². The SMILES string of the molecule is CCCC1(C(=O)O)CCCN(C(=O)NCCC(=O)OC)C1. The lowest BCUT2D eigenvalue weighted by atomic mass is 9.76. The molecule has 1 heterocycles. The summed E-state index contributed by atoms with van der Waals surface area (Å²) in [4.78, 5) is 36.1. The number of carbonyl (C=O) groups is 3. The molecule has 2 amide bonds. The van der Waals surface area contributed by atoms with Crippen molar-refractivity contribution in [1.82, 2.24) is 10.2 Å². The monoisotopic (exact) mass is 300 g/mol. The van der Waals surface area contributed by atoms with E-state index in [0.717, 1.165) is 6.42 Å². The fourth-order valence-electron chi connectivity index (χ4n) is 2.75. The first-order chi connectivity index (χ1) is 9.95. The number of nitrogens with zero attached hydrogens (tertiary/aromatic N) is 1. The largest absolute Gasteiger partial charge is 0.481 e. The molecule has 0 aliphatic carbocycles. The van der Waals surface area contributed by atoms with Crippen LogP contribution >= 0.6 is 0 Å². The number of carbonyl (C=O) groups excluding carboxylic acids is 2. The van der Waals surface area contributed by atoms with Crippen LogP contribution in [0.5, 0.6) is 0 Å². The summed E-state index contributed by atoms with van der Waals surface area (Å²) < 4.78 is 4.49. The Balaban J connectivity index is 2.56. The van der Waals surface area contributed by atoms with Crippen LogP contribution in [-0.4, -0.2) is 54.7 Å². The molecule has 2 N–H and O–H groups in total. The van der Waals surface area contributed by atoms with E-state index in [9.17, 15) is 19.5 Å². The summed E-state index contributed by atoms with van der Waals surface area (Å²) in [6, 6.07) is -0.319. The third kappa shape index (κ3) is 4.61. The molecule has 0 saturated carbocycles. The fourth-order valence-corrected chi connectivity index (χ4v) is 2.75. The number of carboxylic acid groups (broad SMARTS) is 1. The number of ether oxygens (including phenoxy) is 1. The van der Waals surface area contributed by atoms with E-state index in [1.54, 1.807) is 0 Å². The summed E-state index contributed by atoms with van der Waals surface area (Å²) in [7, 11) is 1.29. The van der Waals surface area contributed by atoms with Crippen LogP contribution in [0.1, 0.15) is 39.0 Å². The topological polar surface area (TPSA) is 95.9 Å². The zero-order chi connectivity index (χ0) is 15.9. The molecule has 0 aromatic heterocycles. The lowest BCUT2D eigenvalue weighted by molar-refractivity contribution is -0.152. The number of aliphatic carboxylic acids is 1. The maximum Gasteiger partial charge on any atom is 0.317 e. The Morgan fingerprint density at radius 1 is 1.38 bits per heavy atom. The summed E-state index contributed by atoms with van der Waals surface area (Å²) in [6.45, 7) is 2.90. The van der Waals surface area contributed by atoms with E-state index >= 15 is 0 Å². The lowest BCUT2D eigenvalue weighted by Crippen LogP contribution is -2.52. The van der Waals surface area contributed by atoms with E-state index in [1.165, 1.54) is 12.0 Å². The first kappa shape index (κ1) is 17.3. The standard InChI is InChI=1S/C14H24N2O5/c1-3-6-14(12(18)19)7-4-9-16(10-14)13(20)15-8-5-11(17)21-2/h3-10H2,1-2H3,(H,15,20)(H,18,19). The zero-order valence-electron chi connectivity index (χ0n) is 12.7. The van der Waals surface area contributed by atoms with Gasteiger partial charge in [-0.05, 0) is 19.3 Å². The highest BCUT2D eigenvalue weighted by Gasteiger charge is 2.42. The van der Waals surface area contributed by atoms with E-state index in [0.29, 0.717) is 25.8 Å². The molecule has 21 heavy (non-hydrogen) atoms. The number of esters is 1. The summed E-state index contributed by atoms with van der Waals surface area (Å²) in [5.74, 6) is -1.23. The van der Waals surface area contributed by atoms with Gasteiger partial charge in [-0.1, -0.05) is 13.3 Å². The van der Waals surface area contributed by atoms with Crippen molar-refractivity contribution in [3.63, 3.8) is 0 Å². The molecule has 1 saturated heterocycles. The maximum atomic E-state index is 12.1. The molecular formula is C14H24N2O5. The van der Waals surface area contributed by atoms with Gasteiger partial charge in [-0.2, -0.15) is 0 Å². The number of nitrogens with one attached hydrogen (secondary N) is 1. The third-order valence-electron chi connectivity index (χ3n) is 3.88. The van der Waals surface area contributed by atoms with E-state index < -0.39 is 11.4 Å². The van der Waals surface area contributed by atoms with Crippen LogP contribution in [0.15, 0.2) is 0 Å². The number of likely N-dealkylation sites (tertiary alicyclic amines) is 1. The molecule has 0 aromatic rings. The number of carboxylic acids is 1. The van der Waals surface area contributed by atoms with E-state index in [2.05, 4.69) is 10.1 Å². The number of amides is 2. The van der Waals surface area contributed by atoms with Crippen molar-refractivity contribution in [1.29, 1.82) is 0 Å². The van der Waals surface area contributed by atoms with Gasteiger partial charge in [0.2, 0.25) is 0 Å². The Labute approximate surface area is 124 Å². The molecule has 1 fully saturated rings. The molecule has 1 unspecified atom stereocenters. The predicted octanol–water partition coefficient (Wildman–Crippen LogP) is 1.23. The predicted molar refractivity (Wildman–Crippen MR) is 75.8 cm³/mol. The van der Waals surface area contributed by atoms with Crippen molar-refractivity contribution < 1.29 is 24.2 Å². The summed E-state index contributed by atoms with van der Waals surface area (Å²) in [5, 5.41) is 12.1. The van der Waals surface area contributed by atoms with Crippen LogP contribution in [0.25, 0.3) is 0 Å². The van der Waals surface area contributed by atoms with Gasteiger partial charge < -0.3 is 20.1 Å². The molecule has 1 rings (SSSR count). The Hall–Kier alpha value is -1.79. The number of piperidine rings is 1. The van der Waals surface area contributed by atoms with Crippen LogP contribution < -0.4 is 5.32 Å². The normalized spacial score (nSPS) is 21.7. The minimum absolute atomic E-state index is 0.106. The van der Waals surface area contributed by atoms with Crippen molar-refractivity contribution in [2.45, 2.75) is 39.0 Å². The number of methoxy groups -OCH3 is 1. The first-order valence-electron chi connectivity index (χ1n) is 7.28. The van der Waals surface area contributed by atoms with Gasteiger partial charge in [-0.3, -0.25) is 9.59 Å². The van der Waals surface area contributed by atoms with Crippen LogP contribution in [-0.2, 0) is 14.3 Å². The fraction of sp³-hybridized carbons (Fsp3) is 0.786. The van der Waals surface area contributed by atoms with Crippen LogP contribution in [0.3, 0.4) is 0 Å². The van der Waals surface area contributed by atoms with Gasteiger partial charge in [0.25, 0.3) is 0 Å². The minimum atomic E-state index is -0.841. The van der Waals surface area contributed by atoms with Crippen molar-refractivity contribution in [3.05, 3.63) is 0 Å². The van der Waals surface area contributed by atoms with Gasteiger partial charge in [0.15, 0.2) is 0 Å². The second kappa shape index (κ2) is 7.85. The molecule has 0 aromatic carbocycles. The van der Waals surface area contributed by atoms with Gasteiger partial charge in [-0.25, -0.2) is 4.79 Å². The third-order valence-corrected chi connectivity index (χ3v) is 3.88. The lowest BCUT2D eigenvalue weighted by Gasteiger charge is -2.39. The molecule has 0 radical (unpaired) electrons. The number of hydrogen-bond acceptors (Lipinski definition) is 4. The van der Waals surface area contributed by atoms with E-state index in [1.807, 2.05) is 6.92 Å². The van der Waals surface area contributed by atoms with Crippen molar-refractivity contribution in [2.75, 3.05) is 26.7 Å². The van der Waals surface area contributed by atoms with Crippen molar-refractivity contribution in [3.8, 4) is 0 Å². The smallest absolute Gasteiger partial charge is 0.317 e. The number of urea groups is 1. The van der Waals surface area contributed by atoms with Gasteiger partial charge in [0, 0.05) is 19.6 Å². The second-order valence-corrected chi connectivity index (χ2v) is 5.42. The van der Waals surface area contributed by atoms with Crippen molar-refractivity contribution in [2.24, 2.45) is 5.41 Å². The summed E-state index contributed by atoms with van der Waals surface area (Å²) >= 11 is 0. The average molecular weight is 300 g/mol.